The van der Waals surface area contributed by atoms with E-state index in [0.717, 1.165) is 6.54 Å². The highest BCUT2D eigenvalue weighted by Crippen LogP contribution is 2.27. The molecule has 1 aliphatic rings. The zero-order chi connectivity index (χ0) is 11.5. The molecule has 1 aliphatic carbocycles. The fourth-order valence-corrected chi connectivity index (χ4v) is 3.88. The molecule has 2 rings (SSSR count). The predicted molar refractivity (Wildman–Crippen MR) is 73.7 cm³/mol. The summed E-state index contributed by atoms with van der Waals surface area (Å²) in [5.74, 6) is 0. The molecule has 1 heterocycles. The lowest BCUT2D eigenvalue weighted by Gasteiger charge is -2.33. The van der Waals surface area contributed by atoms with Crippen LogP contribution >= 0.6 is 27.3 Å². The van der Waals surface area contributed by atoms with Gasteiger partial charge in [0.15, 0.2) is 0 Å². The Bertz CT molecular complexity index is 332. The maximum atomic E-state index is 5.93. The molecule has 0 unspecified atom stereocenters. The summed E-state index contributed by atoms with van der Waals surface area (Å²) in [6.07, 6.45) is 4.86. The van der Waals surface area contributed by atoms with Crippen LogP contribution < -0.4 is 5.73 Å². The van der Waals surface area contributed by atoms with Crippen molar-refractivity contribution in [3.8, 4) is 0 Å². The SMILES string of the molecule is CN(Cc1sccc1Br)C1CCC(N)CC1. The van der Waals surface area contributed by atoms with E-state index >= 15 is 0 Å². The molecule has 2 N–H and O–H groups in total. The molecule has 0 bridgehead atoms. The van der Waals surface area contributed by atoms with Gasteiger partial charge in [0, 0.05) is 28.0 Å². The third-order valence-electron chi connectivity index (χ3n) is 3.45. The largest absolute Gasteiger partial charge is 0.328 e. The first kappa shape index (κ1) is 12.6. The predicted octanol–water partition coefficient (Wildman–Crippen LogP) is 3.21. The van der Waals surface area contributed by atoms with Crippen molar-refractivity contribution < 1.29 is 0 Å². The van der Waals surface area contributed by atoms with Crippen molar-refractivity contribution in [2.45, 2.75) is 44.3 Å². The Morgan fingerprint density at radius 1 is 1.44 bits per heavy atom. The molecule has 1 saturated carbocycles. The van der Waals surface area contributed by atoms with Gasteiger partial charge in [-0.1, -0.05) is 0 Å². The molecule has 0 aliphatic heterocycles. The minimum atomic E-state index is 0.443. The lowest BCUT2D eigenvalue weighted by atomic mass is 9.91. The van der Waals surface area contributed by atoms with Gasteiger partial charge in [-0.3, -0.25) is 4.90 Å². The molecule has 0 spiro atoms. The summed E-state index contributed by atoms with van der Waals surface area (Å²) in [5, 5.41) is 2.14. The molecular formula is C12H19BrN2S. The third-order valence-corrected chi connectivity index (χ3v) is 5.36. The van der Waals surface area contributed by atoms with E-state index in [1.165, 1.54) is 35.0 Å². The monoisotopic (exact) mass is 302 g/mol. The number of thiophene rings is 1. The Morgan fingerprint density at radius 2 is 2.12 bits per heavy atom. The zero-order valence-electron chi connectivity index (χ0n) is 9.66. The molecule has 0 radical (unpaired) electrons. The summed E-state index contributed by atoms with van der Waals surface area (Å²) in [5.41, 5.74) is 5.93. The van der Waals surface area contributed by atoms with E-state index in [2.05, 4.69) is 39.3 Å². The number of nitrogens with zero attached hydrogens (tertiary/aromatic N) is 1. The second-order valence-electron chi connectivity index (χ2n) is 4.68. The van der Waals surface area contributed by atoms with Crippen molar-refractivity contribution >= 4 is 27.3 Å². The Balaban J connectivity index is 1.88. The maximum Gasteiger partial charge on any atom is 0.0339 e. The van der Waals surface area contributed by atoms with Crippen molar-refractivity contribution in [2.75, 3.05) is 7.05 Å². The minimum absolute atomic E-state index is 0.443. The average Bonchev–Trinajstić information content (AvgIpc) is 2.65. The van der Waals surface area contributed by atoms with E-state index in [9.17, 15) is 0 Å². The quantitative estimate of drug-likeness (QED) is 0.929. The molecule has 1 aromatic heterocycles. The van der Waals surface area contributed by atoms with Crippen LogP contribution in [0.5, 0.6) is 0 Å². The zero-order valence-corrected chi connectivity index (χ0v) is 12.1. The van der Waals surface area contributed by atoms with Crippen LogP contribution in [-0.4, -0.2) is 24.0 Å². The first-order valence-corrected chi connectivity index (χ1v) is 7.51. The molecular weight excluding hydrogens is 284 g/mol. The van der Waals surface area contributed by atoms with E-state index in [-0.39, 0.29) is 0 Å². The van der Waals surface area contributed by atoms with Crippen molar-refractivity contribution in [1.29, 1.82) is 0 Å². The highest BCUT2D eigenvalue weighted by atomic mass is 79.9. The summed E-state index contributed by atoms with van der Waals surface area (Å²) >= 11 is 5.42. The van der Waals surface area contributed by atoms with Crippen molar-refractivity contribution in [2.24, 2.45) is 5.73 Å². The van der Waals surface area contributed by atoms with Crippen molar-refractivity contribution in [3.63, 3.8) is 0 Å². The molecule has 0 amide bonds. The van der Waals surface area contributed by atoms with Crippen LogP contribution in [0.2, 0.25) is 0 Å². The summed E-state index contributed by atoms with van der Waals surface area (Å²) in [4.78, 5) is 3.90. The summed E-state index contributed by atoms with van der Waals surface area (Å²) < 4.78 is 1.25. The van der Waals surface area contributed by atoms with Gasteiger partial charge in [-0.25, -0.2) is 0 Å². The number of nitrogens with two attached hydrogens (primary N) is 1. The van der Waals surface area contributed by atoms with E-state index < -0.39 is 0 Å². The standard InChI is InChI=1S/C12H19BrN2S/c1-15(8-12-11(13)6-7-16-12)10-4-2-9(14)3-5-10/h6-7,9-10H,2-5,8,14H2,1H3. The van der Waals surface area contributed by atoms with Gasteiger partial charge in [0.2, 0.25) is 0 Å². The van der Waals surface area contributed by atoms with E-state index in [1.807, 2.05) is 11.3 Å². The molecule has 4 heteroatoms. The average molecular weight is 303 g/mol. The molecule has 1 fully saturated rings. The van der Waals surface area contributed by atoms with Gasteiger partial charge in [0.1, 0.15) is 0 Å². The molecule has 2 nitrogen and oxygen atoms in total. The second kappa shape index (κ2) is 5.63. The first-order chi connectivity index (χ1) is 7.66. The van der Waals surface area contributed by atoms with Crippen LogP contribution in [0.3, 0.4) is 0 Å². The highest BCUT2D eigenvalue weighted by Gasteiger charge is 2.22. The molecule has 0 atom stereocenters. The van der Waals surface area contributed by atoms with Crippen molar-refractivity contribution in [3.05, 3.63) is 20.8 Å². The number of hydrogen-bond donors (Lipinski definition) is 1. The third kappa shape index (κ3) is 3.06. The van der Waals surface area contributed by atoms with Gasteiger partial charge < -0.3 is 5.73 Å². The van der Waals surface area contributed by atoms with E-state index in [0.29, 0.717) is 12.1 Å². The van der Waals surface area contributed by atoms with Gasteiger partial charge in [-0.05, 0) is 60.1 Å². The summed E-state index contributed by atoms with van der Waals surface area (Å²) in [7, 11) is 2.23. The minimum Gasteiger partial charge on any atom is -0.328 e. The Kier molecular flexibility index (Phi) is 4.41. The lowest BCUT2D eigenvalue weighted by Crippen LogP contribution is -2.38. The second-order valence-corrected chi connectivity index (χ2v) is 6.53. The van der Waals surface area contributed by atoms with Crippen LogP contribution in [0.1, 0.15) is 30.6 Å². The molecule has 16 heavy (non-hydrogen) atoms. The number of hydrogen-bond acceptors (Lipinski definition) is 3. The van der Waals surface area contributed by atoms with Crippen LogP contribution in [0.15, 0.2) is 15.9 Å². The number of rotatable bonds is 3. The first-order valence-electron chi connectivity index (χ1n) is 5.84. The van der Waals surface area contributed by atoms with Crippen LogP contribution in [0, 0.1) is 0 Å². The fourth-order valence-electron chi connectivity index (χ4n) is 2.34. The van der Waals surface area contributed by atoms with Crippen LogP contribution in [-0.2, 0) is 6.54 Å². The van der Waals surface area contributed by atoms with Crippen LogP contribution in [0.25, 0.3) is 0 Å². The Hall–Kier alpha value is 0.1000. The van der Waals surface area contributed by atoms with Gasteiger partial charge >= 0.3 is 0 Å². The smallest absolute Gasteiger partial charge is 0.0339 e. The van der Waals surface area contributed by atoms with Crippen LogP contribution in [0.4, 0.5) is 0 Å². The van der Waals surface area contributed by atoms with Crippen molar-refractivity contribution in [1.82, 2.24) is 4.90 Å². The van der Waals surface area contributed by atoms with E-state index in [4.69, 9.17) is 5.73 Å². The van der Waals surface area contributed by atoms with Gasteiger partial charge in [0.25, 0.3) is 0 Å². The molecule has 0 saturated heterocycles. The van der Waals surface area contributed by atoms with Gasteiger partial charge in [-0.15, -0.1) is 11.3 Å². The maximum absolute atomic E-state index is 5.93. The molecule has 90 valence electrons. The Morgan fingerprint density at radius 3 is 2.69 bits per heavy atom. The van der Waals surface area contributed by atoms with Gasteiger partial charge in [-0.2, -0.15) is 0 Å². The fraction of sp³-hybridized carbons (Fsp3) is 0.667. The lowest BCUT2D eigenvalue weighted by molar-refractivity contribution is 0.177. The molecule has 1 aromatic rings. The normalized spacial score (nSPS) is 26.2. The topological polar surface area (TPSA) is 29.3 Å². The number of halogens is 1. The summed E-state index contributed by atoms with van der Waals surface area (Å²) in [6.45, 7) is 1.05. The van der Waals surface area contributed by atoms with Gasteiger partial charge in [0.05, 0.1) is 0 Å². The summed E-state index contributed by atoms with van der Waals surface area (Å²) in [6, 6.07) is 3.29. The van der Waals surface area contributed by atoms with E-state index in [1.54, 1.807) is 0 Å². The Labute approximate surface area is 110 Å². The highest BCUT2D eigenvalue weighted by molar-refractivity contribution is 9.10. The molecule has 0 aromatic carbocycles.